The van der Waals surface area contributed by atoms with Gasteiger partial charge in [-0.2, -0.15) is 13.2 Å². The Kier molecular flexibility index (Phi) is 5.68. The van der Waals surface area contributed by atoms with Gasteiger partial charge in [-0.1, -0.05) is 6.92 Å². The number of halogens is 3. The third-order valence-corrected chi connectivity index (χ3v) is 4.84. The maximum absolute atomic E-state index is 12.7. The van der Waals surface area contributed by atoms with Crippen molar-refractivity contribution in [3.05, 3.63) is 53.9 Å². The van der Waals surface area contributed by atoms with Gasteiger partial charge >= 0.3 is 6.18 Å². The summed E-state index contributed by atoms with van der Waals surface area (Å²) in [5, 5.41) is 2.99. The molecule has 1 aliphatic heterocycles. The van der Waals surface area contributed by atoms with E-state index in [0.717, 1.165) is 44.4 Å². The second-order valence-electron chi connectivity index (χ2n) is 6.69. The first-order chi connectivity index (χ1) is 12.9. The van der Waals surface area contributed by atoms with Gasteiger partial charge in [-0.25, -0.2) is 4.98 Å². The first kappa shape index (κ1) is 19.2. The number of nitrogens with one attached hydrogen (secondary N) is 1. The van der Waals surface area contributed by atoms with Gasteiger partial charge in [0.1, 0.15) is 5.69 Å². The Bertz CT molecular complexity index is 773. The predicted molar refractivity (Wildman–Crippen MR) is 97.9 cm³/mol. The number of likely N-dealkylation sites (tertiary alicyclic amines) is 1. The van der Waals surface area contributed by atoms with Crippen molar-refractivity contribution in [1.82, 2.24) is 9.88 Å². The Morgan fingerprint density at radius 2 is 1.85 bits per heavy atom. The number of nitrogens with zero attached hydrogens (tertiary/aromatic N) is 2. The quantitative estimate of drug-likeness (QED) is 0.792. The maximum Gasteiger partial charge on any atom is 0.416 e. The van der Waals surface area contributed by atoms with Gasteiger partial charge in [0, 0.05) is 18.3 Å². The normalized spacial score (nSPS) is 17.6. The molecule has 0 aliphatic carbocycles. The van der Waals surface area contributed by atoms with E-state index < -0.39 is 11.7 Å². The minimum atomic E-state index is -4.35. The first-order valence-electron chi connectivity index (χ1n) is 9.10. The molecule has 1 saturated heterocycles. The van der Waals surface area contributed by atoms with Crippen LogP contribution in [0.25, 0.3) is 0 Å². The molecular weight excluding hydrogens is 355 g/mol. The van der Waals surface area contributed by atoms with E-state index >= 15 is 0 Å². The molecule has 144 valence electrons. The molecule has 1 amide bonds. The molecule has 4 nitrogen and oxygen atoms in total. The van der Waals surface area contributed by atoms with E-state index in [1.807, 2.05) is 4.90 Å². The maximum atomic E-state index is 12.7. The number of hydrogen-bond acceptors (Lipinski definition) is 3. The van der Waals surface area contributed by atoms with Crippen molar-refractivity contribution in [3.63, 3.8) is 0 Å². The predicted octanol–water partition coefficient (Wildman–Crippen LogP) is 5.25. The third kappa shape index (κ3) is 4.59. The van der Waals surface area contributed by atoms with Gasteiger partial charge in [-0.15, -0.1) is 0 Å². The van der Waals surface area contributed by atoms with E-state index in [-0.39, 0.29) is 11.9 Å². The SMILES string of the molecule is CCC1CCCCN1C(=O)c1ccc(Nc2ccc(C(F)(F)F)cc2)cn1. The van der Waals surface area contributed by atoms with Crippen molar-refractivity contribution < 1.29 is 18.0 Å². The zero-order valence-electron chi connectivity index (χ0n) is 15.1. The van der Waals surface area contributed by atoms with Crippen LogP contribution in [-0.4, -0.2) is 28.4 Å². The number of carbonyl (C=O) groups is 1. The monoisotopic (exact) mass is 377 g/mol. The second-order valence-corrected chi connectivity index (χ2v) is 6.69. The smallest absolute Gasteiger partial charge is 0.354 e. The molecular formula is C20H22F3N3O. The Labute approximate surface area is 156 Å². The fourth-order valence-corrected chi connectivity index (χ4v) is 3.34. The van der Waals surface area contributed by atoms with Gasteiger partial charge in [0.25, 0.3) is 5.91 Å². The molecule has 2 aromatic rings. The number of rotatable bonds is 4. The first-order valence-corrected chi connectivity index (χ1v) is 9.10. The summed E-state index contributed by atoms with van der Waals surface area (Å²) in [6.07, 6.45) is 1.28. The van der Waals surface area contributed by atoms with Crippen LogP contribution < -0.4 is 5.32 Å². The van der Waals surface area contributed by atoms with Crippen LogP contribution in [0, 0.1) is 0 Å². The zero-order chi connectivity index (χ0) is 19.4. The molecule has 7 heteroatoms. The molecule has 27 heavy (non-hydrogen) atoms. The van der Waals surface area contributed by atoms with Gasteiger partial charge in [-0.3, -0.25) is 4.79 Å². The highest BCUT2D eigenvalue weighted by atomic mass is 19.4. The largest absolute Gasteiger partial charge is 0.416 e. The highest BCUT2D eigenvalue weighted by molar-refractivity contribution is 5.92. The molecule has 0 bridgehead atoms. The molecule has 1 fully saturated rings. The Morgan fingerprint density at radius 3 is 2.44 bits per heavy atom. The van der Waals surface area contributed by atoms with Crippen LogP contribution in [-0.2, 0) is 6.18 Å². The Balaban J connectivity index is 1.67. The molecule has 0 radical (unpaired) electrons. The summed E-state index contributed by atoms with van der Waals surface area (Å²) in [7, 11) is 0. The molecule has 0 saturated carbocycles. The van der Waals surface area contributed by atoms with E-state index in [1.165, 1.54) is 18.3 Å². The van der Waals surface area contributed by atoms with Gasteiger partial charge in [-0.05, 0) is 62.1 Å². The lowest BCUT2D eigenvalue weighted by atomic mass is 9.99. The number of aromatic nitrogens is 1. The average molecular weight is 377 g/mol. The highest BCUT2D eigenvalue weighted by Gasteiger charge is 2.30. The number of alkyl halides is 3. The number of anilines is 2. The molecule has 1 aromatic heterocycles. The molecule has 1 aromatic carbocycles. The third-order valence-electron chi connectivity index (χ3n) is 4.84. The van der Waals surface area contributed by atoms with Crippen LogP contribution in [0.15, 0.2) is 42.6 Å². The van der Waals surface area contributed by atoms with Gasteiger partial charge in [0.05, 0.1) is 17.4 Å². The molecule has 0 spiro atoms. The van der Waals surface area contributed by atoms with Gasteiger partial charge < -0.3 is 10.2 Å². The molecule has 1 unspecified atom stereocenters. The van der Waals surface area contributed by atoms with E-state index in [4.69, 9.17) is 0 Å². The topological polar surface area (TPSA) is 45.2 Å². The van der Waals surface area contributed by atoms with Crippen LogP contribution in [0.3, 0.4) is 0 Å². The number of amides is 1. The number of carbonyl (C=O) groups excluding carboxylic acids is 1. The van der Waals surface area contributed by atoms with E-state index in [1.54, 1.807) is 12.1 Å². The van der Waals surface area contributed by atoms with Crippen molar-refractivity contribution in [3.8, 4) is 0 Å². The lowest BCUT2D eigenvalue weighted by molar-refractivity contribution is -0.137. The molecule has 3 rings (SSSR count). The summed E-state index contributed by atoms with van der Waals surface area (Å²) >= 11 is 0. The van der Waals surface area contributed by atoms with Crippen LogP contribution >= 0.6 is 0 Å². The lowest BCUT2D eigenvalue weighted by Gasteiger charge is -2.35. The van der Waals surface area contributed by atoms with Crippen molar-refractivity contribution in [2.45, 2.75) is 44.8 Å². The van der Waals surface area contributed by atoms with Gasteiger partial charge in [0.2, 0.25) is 0 Å². The molecule has 1 aliphatic rings. The lowest BCUT2D eigenvalue weighted by Crippen LogP contribution is -2.43. The molecule has 1 N–H and O–H groups in total. The number of benzene rings is 1. The van der Waals surface area contributed by atoms with Crippen LogP contribution in [0.2, 0.25) is 0 Å². The number of hydrogen-bond donors (Lipinski definition) is 1. The van der Waals surface area contributed by atoms with Crippen LogP contribution in [0.1, 0.15) is 48.7 Å². The molecule has 2 heterocycles. The summed E-state index contributed by atoms with van der Waals surface area (Å²) < 4.78 is 37.8. The fraction of sp³-hybridized carbons (Fsp3) is 0.400. The van der Waals surface area contributed by atoms with Crippen LogP contribution in [0.4, 0.5) is 24.5 Å². The number of pyridine rings is 1. The van der Waals surface area contributed by atoms with Crippen molar-refractivity contribution in [1.29, 1.82) is 0 Å². The van der Waals surface area contributed by atoms with E-state index in [9.17, 15) is 18.0 Å². The van der Waals surface area contributed by atoms with E-state index in [2.05, 4.69) is 17.2 Å². The zero-order valence-corrected chi connectivity index (χ0v) is 15.1. The van der Waals surface area contributed by atoms with Crippen LogP contribution in [0.5, 0.6) is 0 Å². The van der Waals surface area contributed by atoms with Crippen molar-refractivity contribution >= 4 is 17.3 Å². The standard InChI is InChI=1S/C20H22F3N3O/c1-2-17-5-3-4-12-26(17)19(27)18-11-10-16(13-24-18)25-15-8-6-14(7-9-15)20(21,22)23/h6-11,13,17,25H,2-5,12H2,1H3. The molecule has 1 atom stereocenters. The summed E-state index contributed by atoms with van der Waals surface area (Å²) in [4.78, 5) is 18.8. The minimum Gasteiger partial charge on any atom is -0.354 e. The fourth-order valence-electron chi connectivity index (χ4n) is 3.34. The Hall–Kier alpha value is -2.57. The van der Waals surface area contributed by atoms with Gasteiger partial charge in [0.15, 0.2) is 0 Å². The summed E-state index contributed by atoms with van der Waals surface area (Å²) in [5.74, 6) is -0.0670. The van der Waals surface area contributed by atoms with E-state index in [0.29, 0.717) is 17.1 Å². The minimum absolute atomic E-state index is 0.0670. The highest BCUT2D eigenvalue weighted by Crippen LogP contribution is 2.30. The van der Waals surface area contributed by atoms with Crippen molar-refractivity contribution in [2.75, 3.05) is 11.9 Å². The number of piperidine rings is 1. The summed E-state index contributed by atoms with van der Waals surface area (Å²) in [5.41, 5.74) is 0.815. The summed E-state index contributed by atoms with van der Waals surface area (Å²) in [6.45, 7) is 2.84. The second kappa shape index (κ2) is 7.98. The summed E-state index contributed by atoms with van der Waals surface area (Å²) in [6, 6.07) is 8.39. The average Bonchev–Trinajstić information content (AvgIpc) is 2.68. The Morgan fingerprint density at radius 1 is 1.15 bits per heavy atom. The van der Waals surface area contributed by atoms with Crippen molar-refractivity contribution in [2.24, 2.45) is 0 Å².